The van der Waals surface area contributed by atoms with Crippen LogP contribution in [0.5, 0.6) is 0 Å². The van der Waals surface area contributed by atoms with Crippen molar-refractivity contribution in [2.75, 3.05) is 26.4 Å². The van der Waals surface area contributed by atoms with Crippen LogP contribution in [0.3, 0.4) is 0 Å². The quantitative estimate of drug-likeness (QED) is 0.274. The number of carbonyl (C=O) groups is 2. The summed E-state index contributed by atoms with van der Waals surface area (Å²) in [4.78, 5) is 26.9. The zero-order valence-electron chi connectivity index (χ0n) is 15.3. The smallest absolute Gasteiger partial charge is 0.295 e. The summed E-state index contributed by atoms with van der Waals surface area (Å²) in [5, 5.41) is 20.3. The second-order valence-corrected chi connectivity index (χ2v) is 7.74. The van der Waals surface area contributed by atoms with E-state index < -0.39 is 17.7 Å². The highest BCUT2D eigenvalue weighted by atomic mass is 79.9. The molecule has 1 atom stereocenters. The average Bonchev–Trinajstić information content (AvgIpc) is 2.96. The van der Waals surface area contributed by atoms with Crippen LogP contribution in [0, 0.1) is 0 Å². The molecular weight excluding hydrogens is 462 g/mol. The molecule has 2 aromatic rings. The van der Waals surface area contributed by atoms with Gasteiger partial charge in [-0.05, 0) is 29.8 Å². The summed E-state index contributed by atoms with van der Waals surface area (Å²) in [5.74, 6) is -1.71. The molecule has 0 spiro atoms. The molecule has 0 bridgehead atoms. The van der Waals surface area contributed by atoms with Crippen molar-refractivity contribution in [1.82, 2.24) is 4.90 Å². The van der Waals surface area contributed by atoms with Crippen LogP contribution in [0.2, 0.25) is 5.02 Å². The Balaban J connectivity index is 2.05. The van der Waals surface area contributed by atoms with E-state index in [9.17, 15) is 14.7 Å². The summed E-state index contributed by atoms with van der Waals surface area (Å²) in [6.45, 7) is 0.280. The number of hydrogen-bond donors (Lipinski definition) is 2. The van der Waals surface area contributed by atoms with Gasteiger partial charge in [-0.2, -0.15) is 0 Å². The Hall–Kier alpha value is -2.19. The number of aliphatic hydroxyl groups excluding tert-OH is 2. The van der Waals surface area contributed by atoms with Gasteiger partial charge in [0, 0.05) is 21.6 Å². The summed E-state index contributed by atoms with van der Waals surface area (Å²) in [6, 6.07) is 12.8. The molecule has 1 heterocycles. The van der Waals surface area contributed by atoms with Gasteiger partial charge < -0.3 is 19.8 Å². The molecular formula is C21H19BrClNO5. The number of rotatable bonds is 7. The highest BCUT2D eigenvalue weighted by molar-refractivity contribution is 9.10. The van der Waals surface area contributed by atoms with Gasteiger partial charge in [-0.3, -0.25) is 9.59 Å². The van der Waals surface area contributed by atoms with E-state index in [0.29, 0.717) is 16.1 Å². The number of halogens is 2. The molecule has 2 aromatic carbocycles. The van der Waals surface area contributed by atoms with Gasteiger partial charge in [-0.1, -0.05) is 51.8 Å². The fourth-order valence-corrected chi connectivity index (χ4v) is 3.59. The maximum Gasteiger partial charge on any atom is 0.295 e. The standard InChI is InChI=1S/C21H19BrClNO5/c22-15-5-1-14(2-6-15)19(26)17-18(13-3-7-16(23)8-4-13)24(21(28)20(17)27)9-11-29-12-10-25/h1-8,18,25-26H,9-12H2. The molecule has 3 rings (SSSR count). The third-order valence-electron chi connectivity index (χ3n) is 4.56. The Labute approximate surface area is 181 Å². The normalized spacial score (nSPS) is 18.4. The number of amides is 1. The molecule has 8 heteroatoms. The van der Waals surface area contributed by atoms with E-state index in [2.05, 4.69) is 15.9 Å². The lowest BCUT2D eigenvalue weighted by Gasteiger charge is -2.25. The number of likely N-dealkylation sites (tertiary alicyclic amines) is 1. The Morgan fingerprint density at radius 2 is 1.72 bits per heavy atom. The molecule has 0 saturated carbocycles. The van der Waals surface area contributed by atoms with Gasteiger partial charge >= 0.3 is 0 Å². The zero-order valence-corrected chi connectivity index (χ0v) is 17.7. The summed E-state index contributed by atoms with van der Waals surface area (Å²) < 4.78 is 6.09. The Morgan fingerprint density at radius 3 is 2.34 bits per heavy atom. The first-order chi connectivity index (χ1) is 13.9. The second-order valence-electron chi connectivity index (χ2n) is 6.39. The van der Waals surface area contributed by atoms with E-state index in [4.69, 9.17) is 21.4 Å². The predicted molar refractivity (Wildman–Crippen MR) is 113 cm³/mol. The largest absolute Gasteiger partial charge is 0.507 e. The molecule has 152 valence electrons. The van der Waals surface area contributed by atoms with E-state index in [1.165, 1.54) is 4.90 Å². The fraction of sp³-hybridized carbons (Fsp3) is 0.238. The lowest BCUT2D eigenvalue weighted by molar-refractivity contribution is -0.140. The highest BCUT2D eigenvalue weighted by Crippen LogP contribution is 2.39. The van der Waals surface area contributed by atoms with Crippen LogP contribution in [0.15, 0.2) is 58.6 Å². The van der Waals surface area contributed by atoms with Gasteiger partial charge in [0.2, 0.25) is 0 Å². The Bertz CT molecular complexity index is 927. The first-order valence-corrected chi connectivity index (χ1v) is 10.1. The van der Waals surface area contributed by atoms with Crippen molar-refractivity contribution in [3.63, 3.8) is 0 Å². The van der Waals surface area contributed by atoms with Gasteiger partial charge in [0.1, 0.15) is 5.76 Å². The maximum atomic E-state index is 12.8. The lowest BCUT2D eigenvalue weighted by atomic mass is 9.95. The molecule has 1 aliphatic heterocycles. The maximum absolute atomic E-state index is 12.8. The summed E-state index contributed by atoms with van der Waals surface area (Å²) in [7, 11) is 0. The average molecular weight is 481 g/mol. The van der Waals surface area contributed by atoms with Crippen LogP contribution >= 0.6 is 27.5 Å². The SMILES string of the molecule is O=C1C(=O)N(CCOCCO)C(c2ccc(Cl)cc2)C1=C(O)c1ccc(Br)cc1. The number of nitrogens with zero attached hydrogens (tertiary/aromatic N) is 1. The van der Waals surface area contributed by atoms with Crippen molar-refractivity contribution >= 4 is 45.0 Å². The van der Waals surface area contributed by atoms with Crippen molar-refractivity contribution in [2.24, 2.45) is 0 Å². The summed E-state index contributed by atoms with van der Waals surface area (Å²) in [5.41, 5.74) is 1.10. The van der Waals surface area contributed by atoms with Crippen LogP contribution in [-0.2, 0) is 14.3 Å². The van der Waals surface area contributed by atoms with E-state index in [1.54, 1.807) is 48.5 Å². The van der Waals surface area contributed by atoms with Gasteiger partial charge in [0.05, 0.1) is 31.4 Å². The molecule has 0 aromatic heterocycles. The van der Waals surface area contributed by atoms with Gasteiger partial charge in [0.25, 0.3) is 11.7 Å². The number of ketones is 1. The third-order valence-corrected chi connectivity index (χ3v) is 5.34. The van der Waals surface area contributed by atoms with Gasteiger partial charge in [0.15, 0.2) is 0 Å². The van der Waals surface area contributed by atoms with Gasteiger partial charge in [-0.15, -0.1) is 0 Å². The molecule has 0 radical (unpaired) electrons. The highest BCUT2D eigenvalue weighted by Gasteiger charge is 2.45. The molecule has 2 N–H and O–H groups in total. The van der Waals surface area contributed by atoms with E-state index in [0.717, 1.165) is 4.47 Å². The van der Waals surface area contributed by atoms with Crippen molar-refractivity contribution in [1.29, 1.82) is 0 Å². The first-order valence-electron chi connectivity index (χ1n) is 8.92. The van der Waals surface area contributed by atoms with E-state index in [-0.39, 0.29) is 37.7 Å². The number of carbonyl (C=O) groups excluding carboxylic acids is 2. The number of benzene rings is 2. The predicted octanol–water partition coefficient (Wildman–Crippen LogP) is 3.53. The molecule has 6 nitrogen and oxygen atoms in total. The number of ether oxygens (including phenoxy) is 1. The topological polar surface area (TPSA) is 87.1 Å². The molecule has 0 aliphatic carbocycles. The Kier molecular flexibility index (Phi) is 7.08. The van der Waals surface area contributed by atoms with E-state index >= 15 is 0 Å². The minimum atomic E-state index is -0.770. The summed E-state index contributed by atoms with van der Waals surface area (Å²) >= 11 is 9.32. The lowest BCUT2D eigenvalue weighted by Crippen LogP contribution is -2.33. The number of aliphatic hydroxyl groups is 2. The monoisotopic (exact) mass is 479 g/mol. The van der Waals surface area contributed by atoms with Crippen LogP contribution in [0.4, 0.5) is 0 Å². The Morgan fingerprint density at radius 1 is 1.07 bits per heavy atom. The van der Waals surface area contributed by atoms with E-state index in [1.807, 2.05) is 0 Å². The van der Waals surface area contributed by atoms with Crippen molar-refractivity contribution < 1.29 is 24.5 Å². The molecule has 1 fully saturated rings. The van der Waals surface area contributed by atoms with Crippen molar-refractivity contribution in [2.45, 2.75) is 6.04 Å². The van der Waals surface area contributed by atoms with Gasteiger partial charge in [-0.25, -0.2) is 0 Å². The minimum Gasteiger partial charge on any atom is -0.507 e. The third kappa shape index (κ3) is 4.70. The fourth-order valence-electron chi connectivity index (χ4n) is 3.20. The van der Waals surface area contributed by atoms with Crippen molar-refractivity contribution in [3.8, 4) is 0 Å². The number of hydrogen-bond acceptors (Lipinski definition) is 5. The molecule has 1 unspecified atom stereocenters. The number of Topliss-reactive ketones (excluding diaryl/α,β-unsaturated/α-hetero) is 1. The molecule has 1 saturated heterocycles. The summed E-state index contributed by atoms with van der Waals surface area (Å²) in [6.07, 6.45) is 0. The second kappa shape index (κ2) is 9.54. The first kappa shape index (κ1) is 21.5. The van der Waals surface area contributed by atoms with Crippen LogP contribution in [0.1, 0.15) is 17.2 Å². The molecule has 1 amide bonds. The molecule has 29 heavy (non-hydrogen) atoms. The molecule has 1 aliphatic rings. The minimum absolute atomic E-state index is 0.0156. The van der Waals surface area contributed by atoms with Crippen LogP contribution in [0.25, 0.3) is 5.76 Å². The van der Waals surface area contributed by atoms with Crippen LogP contribution in [-0.4, -0.2) is 53.2 Å². The van der Waals surface area contributed by atoms with Crippen LogP contribution < -0.4 is 0 Å². The zero-order chi connectivity index (χ0) is 21.0. The van der Waals surface area contributed by atoms with Crippen molar-refractivity contribution in [3.05, 3.63) is 74.7 Å².